The molecule has 8 heteroatoms. The fraction of sp³-hybridized carbons (Fsp3) is 0.348. The van der Waals surface area contributed by atoms with Crippen LogP contribution in [0, 0.1) is 0 Å². The zero-order chi connectivity index (χ0) is 22.0. The van der Waals surface area contributed by atoms with E-state index in [0.717, 1.165) is 54.3 Å². The molecule has 3 heterocycles. The monoisotopic (exact) mass is 438 g/mol. The fourth-order valence-electron chi connectivity index (χ4n) is 3.99. The molecule has 1 fully saturated rings. The Morgan fingerprint density at radius 1 is 1.29 bits per heavy atom. The molecule has 2 aromatic heterocycles. The number of aromatic nitrogens is 3. The largest absolute Gasteiger partial charge is 0.383 e. The summed E-state index contributed by atoms with van der Waals surface area (Å²) in [6.07, 6.45) is 6.31. The molecule has 2 N–H and O–H groups in total. The molecule has 4 rings (SSSR count). The third kappa shape index (κ3) is 4.57. The van der Waals surface area contributed by atoms with Crippen LogP contribution in [0.25, 0.3) is 11.1 Å². The molecular formula is C23H27ClN6O. The topological polar surface area (TPSA) is 80.3 Å². The summed E-state index contributed by atoms with van der Waals surface area (Å²) in [6, 6.07) is 9.81. The Balaban J connectivity index is 1.47. The van der Waals surface area contributed by atoms with E-state index in [1.54, 1.807) is 17.3 Å². The number of carbonyl (C=O) groups excluding carboxylic acids is 1. The molecule has 162 valence electrons. The number of likely N-dealkylation sites (tertiary alicyclic amines) is 1. The van der Waals surface area contributed by atoms with Gasteiger partial charge in [0.1, 0.15) is 5.82 Å². The molecular weight excluding hydrogens is 412 g/mol. The third-order valence-corrected chi connectivity index (χ3v) is 6.28. The van der Waals surface area contributed by atoms with Crippen LogP contribution in [-0.2, 0) is 13.1 Å². The molecule has 0 saturated carbocycles. The van der Waals surface area contributed by atoms with Gasteiger partial charge in [-0.2, -0.15) is 5.10 Å². The first-order valence-corrected chi connectivity index (χ1v) is 10.8. The maximum absolute atomic E-state index is 13.3. The number of anilines is 1. The number of aryl methyl sites for hydroxylation is 1. The highest BCUT2D eigenvalue weighted by Crippen LogP contribution is 2.25. The number of hydrogen-bond acceptors (Lipinski definition) is 5. The molecule has 0 aliphatic carbocycles. The Morgan fingerprint density at radius 3 is 2.84 bits per heavy atom. The predicted molar refractivity (Wildman–Crippen MR) is 123 cm³/mol. The van der Waals surface area contributed by atoms with Crippen LogP contribution in [0.4, 0.5) is 5.82 Å². The highest BCUT2D eigenvalue weighted by atomic mass is 35.5. The summed E-state index contributed by atoms with van der Waals surface area (Å²) >= 11 is 6.31. The van der Waals surface area contributed by atoms with Crippen LogP contribution in [0.5, 0.6) is 0 Å². The lowest BCUT2D eigenvalue weighted by atomic mass is 10.1. The smallest absolute Gasteiger partial charge is 0.257 e. The molecule has 0 bridgehead atoms. The normalized spacial score (nSPS) is 16.5. The number of likely N-dealkylation sites (N-methyl/N-ethyl adjacent to an activating group) is 1. The van der Waals surface area contributed by atoms with Gasteiger partial charge >= 0.3 is 0 Å². The summed E-state index contributed by atoms with van der Waals surface area (Å²) in [5.41, 5.74) is 9.35. The summed E-state index contributed by atoms with van der Waals surface area (Å²) in [5, 5.41) is 5.08. The molecule has 1 aliphatic rings. The van der Waals surface area contributed by atoms with Crippen LogP contribution in [0.15, 0.2) is 48.9 Å². The summed E-state index contributed by atoms with van der Waals surface area (Å²) in [7, 11) is 1.84. The third-order valence-electron chi connectivity index (χ3n) is 5.91. The van der Waals surface area contributed by atoms with E-state index in [9.17, 15) is 4.79 Å². The molecule has 1 saturated heterocycles. The van der Waals surface area contributed by atoms with Gasteiger partial charge in [0.2, 0.25) is 0 Å². The number of nitrogens with zero attached hydrogens (tertiary/aromatic N) is 5. The van der Waals surface area contributed by atoms with E-state index in [4.69, 9.17) is 17.3 Å². The minimum atomic E-state index is -0.112. The highest BCUT2D eigenvalue weighted by molar-refractivity contribution is 6.31. The number of amides is 1. The van der Waals surface area contributed by atoms with Gasteiger partial charge in [-0.15, -0.1) is 0 Å². The van der Waals surface area contributed by atoms with Gasteiger partial charge in [0.25, 0.3) is 5.91 Å². The van der Waals surface area contributed by atoms with E-state index < -0.39 is 0 Å². The molecule has 3 aromatic rings. The quantitative estimate of drug-likeness (QED) is 0.636. The average molecular weight is 439 g/mol. The molecule has 1 amide bonds. The number of nitrogen functional groups attached to an aromatic ring is 1. The van der Waals surface area contributed by atoms with E-state index >= 15 is 0 Å². The van der Waals surface area contributed by atoms with Crippen LogP contribution < -0.4 is 5.73 Å². The number of hydrogen-bond donors (Lipinski definition) is 1. The fourth-order valence-corrected chi connectivity index (χ4v) is 4.18. The Morgan fingerprint density at radius 2 is 2.10 bits per heavy atom. The Hall–Kier alpha value is -2.90. The molecule has 0 radical (unpaired) electrons. The van der Waals surface area contributed by atoms with Gasteiger partial charge in [0.15, 0.2) is 0 Å². The zero-order valence-electron chi connectivity index (χ0n) is 17.8. The van der Waals surface area contributed by atoms with Crippen molar-refractivity contribution in [2.24, 2.45) is 0 Å². The van der Waals surface area contributed by atoms with Crippen molar-refractivity contribution in [3.05, 3.63) is 65.1 Å². The molecule has 0 spiro atoms. The Labute approximate surface area is 187 Å². The average Bonchev–Trinajstić information content (AvgIpc) is 3.44. The number of pyridine rings is 1. The molecule has 31 heavy (non-hydrogen) atoms. The van der Waals surface area contributed by atoms with Gasteiger partial charge in [-0.25, -0.2) is 4.98 Å². The predicted octanol–water partition coefficient (Wildman–Crippen LogP) is 3.55. The summed E-state index contributed by atoms with van der Waals surface area (Å²) < 4.78 is 1.84. The summed E-state index contributed by atoms with van der Waals surface area (Å²) in [5.74, 6) is 0.133. The SMILES string of the molecule is CCn1cc(-c2cnc(N)c(C(=O)N(C)[C@@H]3CCN(Cc4ccccc4Cl)C3)c2)cn1. The van der Waals surface area contributed by atoms with Gasteiger partial charge < -0.3 is 10.6 Å². The number of nitrogens with two attached hydrogens (primary N) is 1. The van der Waals surface area contributed by atoms with E-state index in [0.29, 0.717) is 5.56 Å². The van der Waals surface area contributed by atoms with Gasteiger partial charge in [0, 0.05) is 67.8 Å². The van der Waals surface area contributed by atoms with Gasteiger partial charge in [-0.05, 0) is 31.0 Å². The molecule has 7 nitrogen and oxygen atoms in total. The van der Waals surface area contributed by atoms with Crippen molar-refractivity contribution in [2.75, 3.05) is 25.9 Å². The van der Waals surface area contributed by atoms with E-state index in [1.807, 2.05) is 55.2 Å². The number of benzene rings is 1. The van der Waals surface area contributed by atoms with Gasteiger partial charge in [-0.3, -0.25) is 14.4 Å². The van der Waals surface area contributed by atoms with E-state index in [2.05, 4.69) is 15.0 Å². The van der Waals surface area contributed by atoms with Crippen LogP contribution in [-0.4, -0.2) is 56.7 Å². The second-order valence-electron chi connectivity index (χ2n) is 7.93. The minimum absolute atomic E-state index is 0.112. The van der Waals surface area contributed by atoms with Crippen molar-refractivity contribution in [3.63, 3.8) is 0 Å². The first-order valence-electron chi connectivity index (χ1n) is 10.5. The lowest BCUT2D eigenvalue weighted by molar-refractivity contribution is 0.0735. The van der Waals surface area contributed by atoms with Crippen LogP contribution in [0.1, 0.15) is 29.3 Å². The Bertz CT molecular complexity index is 1080. The minimum Gasteiger partial charge on any atom is -0.383 e. The molecule has 1 aromatic carbocycles. The number of carbonyl (C=O) groups is 1. The number of rotatable bonds is 6. The highest BCUT2D eigenvalue weighted by Gasteiger charge is 2.30. The first kappa shape index (κ1) is 21.3. The molecule has 1 atom stereocenters. The van der Waals surface area contributed by atoms with Crippen molar-refractivity contribution < 1.29 is 4.79 Å². The Kier molecular flexibility index (Phi) is 6.25. The van der Waals surface area contributed by atoms with Crippen molar-refractivity contribution in [1.29, 1.82) is 0 Å². The zero-order valence-corrected chi connectivity index (χ0v) is 18.6. The van der Waals surface area contributed by atoms with E-state index in [-0.39, 0.29) is 17.8 Å². The van der Waals surface area contributed by atoms with Crippen LogP contribution in [0.2, 0.25) is 5.02 Å². The molecule has 1 aliphatic heterocycles. The lowest BCUT2D eigenvalue weighted by Gasteiger charge is -2.25. The van der Waals surface area contributed by atoms with Crippen molar-refractivity contribution in [1.82, 2.24) is 24.6 Å². The van der Waals surface area contributed by atoms with Crippen molar-refractivity contribution >= 4 is 23.3 Å². The van der Waals surface area contributed by atoms with Crippen molar-refractivity contribution in [2.45, 2.75) is 32.5 Å². The second kappa shape index (κ2) is 9.08. The van der Waals surface area contributed by atoms with Gasteiger partial charge in [0.05, 0.1) is 11.8 Å². The standard InChI is InChI=1S/C23H27ClN6O/c1-3-30-14-18(12-27-30)17-10-20(22(25)26-11-17)23(31)28(2)19-8-9-29(15-19)13-16-6-4-5-7-21(16)24/h4-7,10-12,14,19H,3,8-9,13,15H2,1-2H3,(H2,25,26)/t19-/m1/s1. The van der Waals surface area contributed by atoms with Crippen LogP contribution >= 0.6 is 11.6 Å². The van der Waals surface area contributed by atoms with Gasteiger partial charge in [-0.1, -0.05) is 29.8 Å². The maximum Gasteiger partial charge on any atom is 0.257 e. The van der Waals surface area contributed by atoms with Crippen molar-refractivity contribution in [3.8, 4) is 11.1 Å². The van der Waals surface area contributed by atoms with Crippen LogP contribution in [0.3, 0.4) is 0 Å². The summed E-state index contributed by atoms with van der Waals surface area (Å²) in [6.45, 7) is 5.29. The first-order chi connectivity index (χ1) is 15.0. The maximum atomic E-state index is 13.3. The molecule has 0 unspecified atom stereocenters. The second-order valence-corrected chi connectivity index (χ2v) is 8.33. The lowest BCUT2D eigenvalue weighted by Crippen LogP contribution is -2.39. The number of halogens is 1. The summed E-state index contributed by atoms with van der Waals surface area (Å²) in [4.78, 5) is 21.6. The van der Waals surface area contributed by atoms with E-state index in [1.165, 1.54) is 0 Å².